The SMILES string of the molecule is CCN(C(=O)C1CC1C(=O)Nc1cccc(NC(C)=O)c1)c1ccccc1. The van der Waals surface area contributed by atoms with Gasteiger partial charge in [0.25, 0.3) is 0 Å². The number of anilines is 3. The van der Waals surface area contributed by atoms with Gasteiger partial charge in [-0.2, -0.15) is 0 Å². The van der Waals surface area contributed by atoms with Crippen LogP contribution in [0.3, 0.4) is 0 Å². The van der Waals surface area contributed by atoms with Gasteiger partial charge in [-0.3, -0.25) is 14.4 Å². The van der Waals surface area contributed by atoms with Crippen molar-refractivity contribution in [3.8, 4) is 0 Å². The topological polar surface area (TPSA) is 78.5 Å². The summed E-state index contributed by atoms with van der Waals surface area (Å²) in [6, 6.07) is 16.4. The Morgan fingerprint density at radius 3 is 2.26 bits per heavy atom. The van der Waals surface area contributed by atoms with Gasteiger partial charge in [0.05, 0.1) is 11.8 Å². The molecule has 2 aromatic carbocycles. The van der Waals surface area contributed by atoms with Crippen LogP contribution in [0.2, 0.25) is 0 Å². The zero-order valence-electron chi connectivity index (χ0n) is 15.4. The van der Waals surface area contributed by atoms with Crippen LogP contribution in [-0.2, 0) is 14.4 Å². The van der Waals surface area contributed by atoms with Crippen LogP contribution in [0.4, 0.5) is 17.1 Å². The number of carbonyl (C=O) groups is 3. The average molecular weight is 365 g/mol. The van der Waals surface area contributed by atoms with Crippen LogP contribution in [0, 0.1) is 11.8 Å². The average Bonchev–Trinajstić information content (AvgIpc) is 3.44. The van der Waals surface area contributed by atoms with Crippen molar-refractivity contribution in [1.29, 1.82) is 0 Å². The summed E-state index contributed by atoms with van der Waals surface area (Å²) in [5.74, 6) is -0.969. The molecule has 1 aliphatic carbocycles. The Labute approximate surface area is 158 Å². The monoisotopic (exact) mass is 365 g/mol. The Morgan fingerprint density at radius 2 is 1.63 bits per heavy atom. The van der Waals surface area contributed by atoms with E-state index < -0.39 is 0 Å². The van der Waals surface area contributed by atoms with Gasteiger partial charge < -0.3 is 15.5 Å². The molecule has 2 unspecified atom stereocenters. The smallest absolute Gasteiger partial charge is 0.230 e. The van der Waals surface area contributed by atoms with Crippen LogP contribution in [-0.4, -0.2) is 24.3 Å². The number of para-hydroxylation sites is 1. The summed E-state index contributed by atoms with van der Waals surface area (Å²) in [4.78, 5) is 38.1. The third kappa shape index (κ3) is 4.53. The summed E-state index contributed by atoms with van der Waals surface area (Å²) in [5, 5.41) is 5.52. The maximum atomic E-state index is 12.8. The molecule has 0 spiro atoms. The van der Waals surface area contributed by atoms with Crippen molar-refractivity contribution >= 4 is 34.8 Å². The molecule has 27 heavy (non-hydrogen) atoms. The van der Waals surface area contributed by atoms with E-state index in [1.54, 1.807) is 29.2 Å². The Morgan fingerprint density at radius 1 is 0.963 bits per heavy atom. The second-order valence-corrected chi connectivity index (χ2v) is 6.62. The molecule has 2 aromatic rings. The predicted octanol–water partition coefficient (Wildman–Crippen LogP) is 3.27. The van der Waals surface area contributed by atoms with Gasteiger partial charge in [0.1, 0.15) is 0 Å². The van der Waals surface area contributed by atoms with Gasteiger partial charge in [0.2, 0.25) is 17.7 Å². The van der Waals surface area contributed by atoms with Crippen LogP contribution in [0.15, 0.2) is 54.6 Å². The normalized spacial score (nSPS) is 17.7. The Balaban J connectivity index is 1.62. The van der Waals surface area contributed by atoms with Crippen LogP contribution in [0.1, 0.15) is 20.3 Å². The molecule has 0 aliphatic heterocycles. The fourth-order valence-electron chi connectivity index (χ4n) is 3.14. The van der Waals surface area contributed by atoms with E-state index in [2.05, 4.69) is 10.6 Å². The van der Waals surface area contributed by atoms with Crippen molar-refractivity contribution in [2.45, 2.75) is 20.3 Å². The fraction of sp³-hybridized carbons (Fsp3) is 0.286. The molecular weight excluding hydrogens is 342 g/mol. The maximum absolute atomic E-state index is 12.8. The number of rotatable bonds is 6. The molecular formula is C21H23N3O3. The first-order valence-corrected chi connectivity index (χ1v) is 9.04. The molecule has 1 saturated carbocycles. The Bertz CT molecular complexity index is 851. The minimum absolute atomic E-state index is 0.0177. The van der Waals surface area contributed by atoms with E-state index in [1.165, 1.54) is 6.92 Å². The Kier molecular flexibility index (Phi) is 5.54. The lowest BCUT2D eigenvalue weighted by Crippen LogP contribution is -2.33. The fourth-order valence-corrected chi connectivity index (χ4v) is 3.14. The van der Waals surface area contributed by atoms with Crippen molar-refractivity contribution in [1.82, 2.24) is 0 Å². The molecule has 1 aliphatic rings. The van der Waals surface area contributed by atoms with Crippen molar-refractivity contribution in [2.24, 2.45) is 11.8 Å². The number of hydrogen-bond donors (Lipinski definition) is 2. The first-order chi connectivity index (χ1) is 13.0. The minimum Gasteiger partial charge on any atom is -0.326 e. The number of nitrogens with one attached hydrogen (secondary N) is 2. The molecule has 2 N–H and O–H groups in total. The number of amides is 3. The van der Waals surface area contributed by atoms with Crippen molar-refractivity contribution in [2.75, 3.05) is 22.1 Å². The van der Waals surface area contributed by atoms with E-state index in [1.807, 2.05) is 37.3 Å². The largest absolute Gasteiger partial charge is 0.326 e. The molecule has 3 rings (SSSR count). The van der Waals surface area contributed by atoms with Gasteiger partial charge in [0.15, 0.2) is 0 Å². The number of benzene rings is 2. The zero-order chi connectivity index (χ0) is 19.4. The molecule has 0 radical (unpaired) electrons. The molecule has 3 amide bonds. The molecule has 2 atom stereocenters. The molecule has 6 heteroatoms. The Hall–Kier alpha value is -3.15. The minimum atomic E-state index is -0.320. The highest BCUT2D eigenvalue weighted by atomic mass is 16.2. The van der Waals surface area contributed by atoms with Crippen molar-refractivity contribution < 1.29 is 14.4 Å². The van der Waals surface area contributed by atoms with E-state index in [0.29, 0.717) is 24.3 Å². The predicted molar refractivity (Wildman–Crippen MR) is 105 cm³/mol. The first-order valence-electron chi connectivity index (χ1n) is 9.04. The van der Waals surface area contributed by atoms with Gasteiger partial charge in [-0.1, -0.05) is 24.3 Å². The van der Waals surface area contributed by atoms with E-state index in [4.69, 9.17) is 0 Å². The number of hydrogen-bond acceptors (Lipinski definition) is 3. The highest BCUT2D eigenvalue weighted by Gasteiger charge is 2.49. The molecule has 0 bridgehead atoms. The van der Waals surface area contributed by atoms with Crippen molar-refractivity contribution in [3.63, 3.8) is 0 Å². The third-order valence-electron chi connectivity index (χ3n) is 4.55. The van der Waals surface area contributed by atoms with Crippen LogP contribution >= 0.6 is 0 Å². The summed E-state index contributed by atoms with van der Waals surface area (Å²) < 4.78 is 0. The van der Waals surface area contributed by atoms with E-state index in [-0.39, 0.29) is 29.6 Å². The van der Waals surface area contributed by atoms with Gasteiger partial charge in [-0.15, -0.1) is 0 Å². The lowest BCUT2D eigenvalue weighted by molar-refractivity contribution is -0.123. The van der Waals surface area contributed by atoms with Gasteiger partial charge in [-0.25, -0.2) is 0 Å². The van der Waals surface area contributed by atoms with E-state index in [0.717, 1.165) is 5.69 Å². The third-order valence-corrected chi connectivity index (χ3v) is 4.55. The molecule has 6 nitrogen and oxygen atoms in total. The molecule has 0 saturated heterocycles. The van der Waals surface area contributed by atoms with Gasteiger partial charge >= 0.3 is 0 Å². The van der Waals surface area contributed by atoms with Crippen LogP contribution in [0.5, 0.6) is 0 Å². The molecule has 140 valence electrons. The molecule has 0 heterocycles. The highest BCUT2D eigenvalue weighted by Crippen LogP contribution is 2.41. The van der Waals surface area contributed by atoms with E-state index >= 15 is 0 Å². The van der Waals surface area contributed by atoms with Gasteiger partial charge in [-0.05, 0) is 43.7 Å². The van der Waals surface area contributed by atoms with Gasteiger partial charge in [0, 0.05) is 30.5 Å². The van der Waals surface area contributed by atoms with Crippen molar-refractivity contribution in [3.05, 3.63) is 54.6 Å². The zero-order valence-corrected chi connectivity index (χ0v) is 15.4. The van der Waals surface area contributed by atoms with E-state index in [9.17, 15) is 14.4 Å². The van der Waals surface area contributed by atoms with Crippen LogP contribution < -0.4 is 15.5 Å². The summed E-state index contributed by atoms with van der Waals surface area (Å²) >= 11 is 0. The second kappa shape index (κ2) is 8.03. The summed E-state index contributed by atoms with van der Waals surface area (Å²) in [7, 11) is 0. The molecule has 1 fully saturated rings. The number of nitrogens with zero attached hydrogens (tertiary/aromatic N) is 1. The maximum Gasteiger partial charge on any atom is 0.230 e. The number of carbonyl (C=O) groups excluding carboxylic acids is 3. The standard InChI is InChI=1S/C21H23N3O3/c1-3-24(17-10-5-4-6-11-17)21(27)19-13-18(19)20(26)23-16-9-7-8-15(12-16)22-14(2)25/h4-12,18-19H,3,13H2,1-2H3,(H,22,25)(H,23,26). The summed E-state index contributed by atoms with van der Waals surface area (Å²) in [6.07, 6.45) is 0.555. The molecule has 0 aromatic heterocycles. The quantitative estimate of drug-likeness (QED) is 0.825. The summed E-state index contributed by atoms with van der Waals surface area (Å²) in [6.45, 7) is 3.92. The first kappa shape index (κ1) is 18.6. The second-order valence-electron chi connectivity index (χ2n) is 6.62. The highest BCUT2D eigenvalue weighted by molar-refractivity contribution is 6.04. The lowest BCUT2D eigenvalue weighted by atomic mass is 10.2. The van der Waals surface area contributed by atoms with Crippen LogP contribution in [0.25, 0.3) is 0 Å². The lowest BCUT2D eigenvalue weighted by Gasteiger charge is -2.21. The summed E-state index contributed by atoms with van der Waals surface area (Å²) in [5.41, 5.74) is 2.06.